The molecular formula is C15H12Cl4N2O3S. The lowest BCUT2D eigenvalue weighted by atomic mass is 9.75. The molecule has 4 rings (SSSR count). The Morgan fingerprint density at radius 3 is 2.12 bits per heavy atom. The summed E-state index contributed by atoms with van der Waals surface area (Å²) in [5.41, 5.74) is 10.8. The second kappa shape index (κ2) is 5.67. The zero-order valence-electron chi connectivity index (χ0n) is 12.6. The van der Waals surface area contributed by atoms with Gasteiger partial charge in [-0.1, -0.05) is 58.2 Å². The first-order valence-corrected chi connectivity index (χ1v) is 9.80. The first-order chi connectivity index (χ1) is 11.7. The van der Waals surface area contributed by atoms with Crippen LogP contribution in [0.5, 0.6) is 11.5 Å². The van der Waals surface area contributed by atoms with Crippen LogP contribution in [0.15, 0.2) is 10.6 Å². The average Bonchev–Trinajstić information content (AvgIpc) is 2.84. The van der Waals surface area contributed by atoms with E-state index in [-0.39, 0.29) is 42.2 Å². The second-order valence-electron chi connectivity index (χ2n) is 6.11. The zero-order chi connectivity index (χ0) is 18.1. The second-order valence-corrected chi connectivity index (χ2v) is 8.93. The molecule has 1 amide bonds. The fourth-order valence-electron chi connectivity index (χ4n) is 3.77. The monoisotopic (exact) mass is 440 g/mol. The van der Waals surface area contributed by atoms with Gasteiger partial charge in [-0.15, -0.1) is 0 Å². The van der Waals surface area contributed by atoms with Crippen LogP contribution in [-0.4, -0.2) is 16.4 Å². The molecule has 1 fully saturated rings. The number of benzene rings is 1. The van der Waals surface area contributed by atoms with Crippen LogP contribution in [0.3, 0.4) is 0 Å². The highest BCUT2D eigenvalue weighted by Crippen LogP contribution is 2.66. The van der Waals surface area contributed by atoms with Crippen molar-refractivity contribution in [3.8, 4) is 11.5 Å². The highest BCUT2D eigenvalue weighted by atomic mass is 35.5. The molecule has 0 saturated heterocycles. The van der Waals surface area contributed by atoms with Crippen molar-refractivity contribution in [1.29, 1.82) is 0 Å². The quantitative estimate of drug-likeness (QED) is 0.495. The molecule has 2 atom stereocenters. The van der Waals surface area contributed by atoms with E-state index in [1.165, 1.54) is 11.8 Å². The van der Waals surface area contributed by atoms with E-state index >= 15 is 0 Å². The van der Waals surface area contributed by atoms with Gasteiger partial charge in [0.05, 0.1) is 20.6 Å². The molecule has 10 heteroatoms. The van der Waals surface area contributed by atoms with Gasteiger partial charge in [0.2, 0.25) is 4.93 Å². The Labute approximate surface area is 167 Å². The normalized spacial score (nSPS) is 30.1. The standard InChI is InChI=1S/C15H12Cl4N2O3S/c16-6-7(17)9(19)11-10(8(6)18)23-14-3-1-2-4-15(14,24-11)25-13(21)5(14)12(20)22/h1-4,21H2,(H2,20,22)/t14-,15-/m1/s1. The van der Waals surface area contributed by atoms with E-state index in [4.69, 9.17) is 67.3 Å². The maximum atomic E-state index is 12.1. The molecule has 0 bridgehead atoms. The Morgan fingerprint density at radius 1 is 0.960 bits per heavy atom. The van der Waals surface area contributed by atoms with Crippen molar-refractivity contribution in [3.63, 3.8) is 0 Å². The van der Waals surface area contributed by atoms with Crippen molar-refractivity contribution < 1.29 is 14.3 Å². The van der Waals surface area contributed by atoms with E-state index in [1.807, 2.05) is 0 Å². The number of amides is 1. The third-order valence-electron chi connectivity index (χ3n) is 4.80. The summed E-state index contributed by atoms with van der Waals surface area (Å²) >= 11 is 26.1. The molecule has 2 heterocycles. The zero-order valence-corrected chi connectivity index (χ0v) is 16.5. The van der Waals surface area contributed by atoms with Crippen molar-refractivity contribution in [2.45, 2.75) is 36.2 Å². The molecule has 1 aromatic rings. The van der Waals surface area contributed by atoms with Gasteiger partial charge in [-0.2, -0.15) is 0 Å². The van der Waals surface area contributed by atoms with Crippen molar-refractivity contribution in [3.05, 3.63) is 30.7 Å². The van der Waals surface area contributed by atoms with Crippen LogP contribution >= 0.6 is 58.2 Å². The fourth-order valence-corrected chi connectivity index (χ4v) is 6.17. The Kier molecular flexibility index (Phi) is 4.02. The molecule has 0 aromatic heterocycles. The minimum absolute atomic E-state index is 0.0543. The summed E-state index contributed by atoms with van der Waals surface area (Å²) in [4.78, 5) is 11.2. The molecule has 1 aromatic carbocycles. The van der Waals surface area contributed by atoms with Crippen LogP contribution in [-0.2, 0) is 4.79 Å². The van der Waals surface area contributed by atoms with Gasteiger partial charge in [0, 0.05) is 6.42 Å². The van der Waals surface area contributed by atoms with Crippen molar-refractivity contribution in [2.75, 3.05) is 0 Å². The maximum Gasteiger partial charge on any atom is 0.251 e. The van der Waals surface area contributed by atoms with Gasteiger partial charge in [0.25, 0.3) is 5.91 Å². The Hall–Kier alpha value is -0.660. The third-order valence-corrected chi connectivity index (χ3v) is 7.94. The van der Waals surface area contributed by atoms with Crippen LogP contribution < -0.4 is 20.9 Å². The minimum atomic E-state index is -1.14. The lowest BCUT2D eigenvalue weighted by molar-refractivity contribution is -0.123. The Morgan fingerprint density at radius 2 is 1.52 bits per heavy atom. The summed E-state index contributed by atoms with van der Waals surface area (Å²) < 4.78 is 12.6. The van der Waals surface area contributed by atoms with Crippen LogP contribution in [0.25, 0.3) is 0 Å². The first-order valence-electron chi connectivity index (χ1n) is 7.47. The summed E-state index contributed by atoms with van der Waals surface area (Å²) in [6, 6.07) is 0. The van der Waals surface area contributed by atoms with Gasteiger partial charge in [-0.25, -0.2) is 0 Å². The van der Waals surface area contributed by atoms with Gasteiger partial charge in [-0.3, -0.25) is 4.79 Å². The minimum Gasteiger partial charge on any atom is -0.471 e. The number of carbonyl (C=O) groups excluding carboxylic acids is 1. The Bertz CT molecular complexity index is 862. The number of ether oxygens (including phenoxy) is 2. The SMILES string of the molecule is NC(=O)C1=C(N)S[C@]23CCCC[C@@]12Oc1c(Cl)c(Cl)c(Cl)c(Cl)c1O3. The lowest BCUT2D eigenvalue weighted by Crippen LogP contribution is -2.63. The van der Waals surface area contributed by atoms with Crippen molar-refractivity contribution >= 4 is 64.1 Å². The van der Waals surface area contributed by atoms with E-state index in [0.717, 1.165) is 12.8 Å². The number of primary amides is 1. The molecule has 0 unspecified atom stereocenters. The molecule has 4 N–H and O–H groups in total. The number of rotatable bonds is 1. The van der Waals surface area contributed by atoms with Gasteiger partial charge in [-0.05, 0) is 19.3 Å². The first kappa shape index (κ1) is 17.7. The topological polar surface area (TPSA) is 87.6 Å². The van der Waals surface area contributed by atoms with E-state index in [2.05, 4.69) is 0 Å². The molecule has 0 spiro atoms. The predicted molar refractivity (Wildman–Crippen MR) is 99.7 cm³/mol. The number of hydrogen-bond acceptors (Lipinski definition) is 5. The predicted octanol–water partition coefficient (Wildman–Crippen LogP) is 4.48. The fraction of sp³-hybridized carbons (Fsp3) is 0.400. The molecule has 2 aliphatic heterocycles. The highest BCUT2D eigenvalue weighted by molar-refractivity contribution is 8.04. The van der Waals surface area contributed by atoms with Crippen LogP contribution in [0.4, 0.5) is 0 Å². The maximum absolute atomic E-state index is 12.1. The van der Waals surface area contributed by atoms with Crippen molar-refractivity contribution in [2.24, 2.45) is 11.5 Å². The molecule has 25 heavy (non-hydrogen) atoms. The molecule has 3 aliphatic rings. The molecule has 1 aliphatic carbocycles. The summed E-state index contributed by atoms with van der Waals surface area (Å²) in [5, 5.41) is 0.588. The van der Waals surface area contributed by atoms with Crippen molar-refractivity contribution in [1.82, 2.24) is 0 Å². The number of thioether (sulfide) groups is 1. The molecular weight excluding hydrogens is 430 g/mol. The number of carbonyl (C=O) groups is 1. The van der Waals surface area contributed by atoms with E-state index < -0.39 is 16.4 Å². The van der Waals surface area contributed by atoms with E-state index in [0.29, 0.717) is 12.8 Å². The molecule has 1 saturated carbocycles. The summed E-state index contributed by atoms with van der Waals surface area (Å²) in [6.45, 7) is 0. The van der Waals surface area contributed by atoms with Gasteiger partial charge >= 0.3 is 0 Å². The number of nitrogens with two attached hydrogens (primary N) is 2. The number of fused-ring (bicyclic) bond motifs is 1. The summed E-state index contributed by atoms with van der Waals surface area (Å²) in [7, 11) is 0. The van der Waals surface area contributed by atoms with Gasteiger partial charge in [0.1, 0.15) is 10.0 Å². The summed E-state index contributed by atoms with van der Waals surface area (Å²) in [5.74, 6) is -0.305. The molecule has 134 valence electrons. The van der Waals surface area contributed by atoms with Crippen LogP contribution in [0.2, 0.25) is 20.1 Å². The van der Waals surface area contributed by atoms with E-state index in [1.54, 1.807) is 0 Å². The summed E-state index contributed by atoms with van der Waals surface area (Å²) in [6.07, 6.45) is 2.80. The molecule has 5 nitrogen and oxygen atoms in total. The number of hydrogen-bond donors (Lipinski definition) is 2. The largest absolute Gasteiger partial charge is 0.471 e. The highest BCUT2D eigenvalue weighted by Gasteiger charge is 2.69. The van der Waals surface area contributed by atoms with Crippen LogP contribution in [0.1, 0.15) is 25.7 Å². The van der Waals surface area contributed by atoms with Gasteiger partial charge < -0.3 is 20.9 Å². The van der Waals surface area contributed by atoms with Crippen LogP contribution in [0, 0.1) is 0 Å². The van der Waals surface area contributed by atoms with E-state index in [9.17, 15) is 4.79 Å². The lowest BCUT2D eigenvalue weighted by Gasteiger charge is -2.51. The smallest absolute Gasteiger partial charge is 0.251 e. The molecule has 0 radical (unpaired) electrons. The Balaban J connectivity index is 1.99. The average molecular weight is 442 g/mol. The number of halogens is 4. The third kappa shape index (κ3) is 2.15. The van der Waals surface area contributed by atoms with Gasteiger partial charge in [0.15, 0.2) is 17.1 Å².